The van der Waals surface area contributed by atoms with Crippen molar-refractivity contribution >= 4 is 33.5 Å². The zero-order chi connectivity index (χ0) is 51.4. The molecule has 0 aromatic heterocycles. The van der Waals surface area contributed by atoms with Crippen molar-refractivity contribution in [2.45, 2.75) is 193 Å². The summed E-state index contributed by atoms with van der Waals surface area (Å²) in [5.74, 6) is -6.97. The van der Waals surface area contributed by atoms with Crippen LogP contribution in [0.1, 0.15) is 139 Å². The fourth-order valence-electron chi connectivity index (χ4n) is 10.9. The van der Waals surface area contributed by atoms with Crippen LogP contribution in [0, 0.1) is 35.5 Å². The second-order valence-electron chi connectivity index (χ2n) is 20.9. The lowest BCUT2D eigenvalue weighted by Gasteiger charge is -2.43. The van der Waals surface area contributed by atoms with Gasteiger partial charge in [-0.1, -0.05) is 76.6 Å². The number of aliphatic hydroxyl groups excluding tert-OH is 2. The third kappa shape index (κ3) is 15.5. The molecule has 3 N–H and O–H groups in total. The molecule has 15 nitrogen and oxygen atoms in total. The van der Waals surface area contributed by atoms with Crippen LogP contribution in [0.4, 0.5) is 0 Å². The maximum absolute atomic E-state index is 14.5. The van der Waals surface area contributed by atoms with Crippen LogP contribution in [0.15, 0.2) is 47.6 Å². The predicted molar refractivity (Wildman–Crippen MR) is 265 cm³/mol. The average Bonchev–Trinajstić information content (AvgIpc) is 3.32. The summed E-state index contributed by atoms with van der Waals surface area (Å²) in [7, 11) is 0.802. The van der Waals surface area contributed by atoms with Crippen LogP contribution in [-0.4, -0.2) is 144 Å². The molecular weight excluding hydrogens is 905 g/mol. The second-order valence-corrected chi connectivity index (χ2v) is 23.2. The van der Waals surface area contributed by atoms with Gasteiger partial charge < -0.3 is 39.2 Å². The van der Waals surface area contributed by atoms with Crippen molar-refractivity contribution in [1.82, 2.24) is 9.21 Å². The van der Waals surface area contributed by atoms with Crippen molar-refractivity contribution in [3.05, 3.63) is 47.6 Å². The smallest absolute Gasteiger partial charge is 0.329 e. The third-order valence-electron chi connectivity index (χ3n) is 15.5. The lowest BCUT2D eigenvalue weighted by atomic mass is 9.78. The van der Waals surface area contributed by atoms with E-state index in [1.54, 1.807) is 47.0 Å². The Morgan fingerprint density at radius 3 is 2.25 bits per heavy atom. The van der Waals surface area contributed by atoms with E-state index < -0.39 is 87.9 Å². The van der Waals surface area contributed by atoms with Crippen LogP contribution in [0.5, 0.6) is 0 Å². The molecule has 3 aliphatic heterocycles. The van der Waals surface area contributed by atoms with Crippen molar-refractivity contribution in [3.63, 3.8) is 0 Å². The number of rotatable bonds is 8. The molecule has 392 valence electrons. The molecule has 1 amide bonds. The summed E-state index contributed by atoms with van der Waals surface area (Å²) in [5.41, 5.74) is 1.27. The zero-order valence-electron chi connectivity index (χ0n) is 43.4. The number of Topliss-reactive ketones (excluding diaryl/α,β-unsaturated/α-hetero) is 2. The van der Waals surface area contributed by atoms with Crippen LogP contribution in [0.2, 0.25) is 0 Å². The number of methoxy groups -OCH3 is 2. The molecule has 0 aromatic rings. The Morgan fingerprint density at radius 2 is 1.58 bits per heavy atom. The second kappa shape index (κ2) is 26.6. The van der Waals surface area contributed by atoms with Crippen molar-refractivity contribution in [2.24, 2.45) is 35.5 Å². The number of aliphatic hydroxyl groups is 3. The Morgan fingerprint density at radius 1 is 0.870 bits per heavy atom. The molecule has 69 heavy (non-hydrogen) atoms. The number of fused-ring (bicyclic) bond motifs is 3. The summed E-state index contributed by atoms with van der Waals surface area (Å²) in [6.45, 7) is 14.7. The van der Waals surface area contributed by atoms with Gasteiger partial charge in [-0.15, -0.1) is 0 Å². The zero-order valence-corrected chi connectivity index (χ0v) is 44.2. The highest BCUT2D eigenvalue weighted by atomic mass is 32.2. The maximum atomic E-state index is 14.5. The molecule has 2 bridgehead atoms. The van der Waals surface area contributed by atoms with Crippen LogP contribution in [0.3, 0.4) is 0 Å². The highest BCUT2D eigenvalue weighted by Crippen LogP contribution is 2.38. The minimum atomic E-state index is -3.71. The first-order valence-electron chi connectivity index (χ1n) is 25.6. The maximum Gasteiger partial charge on any atom is 0.329 e. The van der Waals surface area contributed by atoms with Crippen LogP contribution in [-0.2, 0) is 48.1 Å². The van der Waals surface area contributed by atoms with Crippen molar-refractivity contribution < 1.29 is 61.9 Å². The Kier molecular flexibility index (Phi) is 22.5. The Bertz CT molecular complexity index is 1970. The van der Waals surface area contributed by atoms with Gasteiger partial charge in [0.2, 0.25) is 15.8 Å². The van der Waals surface area contributed by atoms with Gasteiger partial charge in [-0.25, -0.2) is 13.2 Å². The van der Waals surface area contributed by atoms with Crippen LogP contribution >= 0.6 is 0 Å². The van der Waals surface area contributed by atoms with Gasteiger partial charge in [0.25, 0.3) is 11.7 Å². The lowest BCUT2D eigenvalue weighted by molar-refractivity contribution is -0.264. The number of sulfonamides is 1. The number of carbonyl (C=O) groups is 4. The first-order valence-corrected chi connectivity index (χ1v) is 27.2. The minimum Gasteiger partial charge on any atom is -0.461 e. The van der Waals surface area contributed by atoms with E-state index in [1.807, 2.05) is 52.0 Å². The number of ketones is 2. The number of hydrogen-bond acceptors (Lipinski definition) is 13. The summed E-state index contributed by atoms with van der Waals surface area (Å²) >= 11 is 0. The number of hydrogen-bond donors (Lipinski definition) is 3. The summed E-state index contributed by atoms with van der Waals surface area (Å²) in [5, 5.41) is 34.1. The van der Waals surface area contributed by atoms with E-state index in [0.717, 1.165) is 6.42 Å². The van der Waals surface area contributed by atoms with Gasteiger partial charge in [-0.05, 0) is 133 Å². The highest BCUT2D eigenvalue weighted by Gasteiger charge is 2.53. The molecule has 0 spiro atoms. The number of carbonyl (C=O) groups excluding carboxylic acids is 4. The third-order valence-corrected chi connectivity index (χ3v) is 17.4. The molecule has 3 heterocycles. The molecule has 15 atom stereocenters. The van der Waals surface area contributed by atoms with E-state index in [9.17, 15) is 42.9 Å². The van der Waals surface area contributed by atoms with E-state index in [2.05, 4.69) is 0 Å². The van der Waals surface area contributed by atoms with E-state index in [4.69, 9.17) is 18.9 Å². The number of ether oxygens (including phenoxy) is 4. The molecule has 2 saturated heterocycles. The number of allylic oxidation sites excluding steroid dienone is 6. The Labute approximate surface area is 413 Å². The Balaban J connectivity index is 1.73. The van der Waals surface area contributed by atoms with E-state index >= 15 is 0 Å². The fraction of sp³-hybridized carbons (Fsp3) is 0.774. The normalized spacial score (nSPS) is 39.1. The molecule has 3 fully saturated rings. The number of esters is 1. The van der Waals surface area contributed by atoms with Gasteiger partial charge in [0, 0.05) is 45.7 Å². The molecule has 1 aliphatic carbocycles. The van der Waals surface area contributed by atoms with Crippen LogP contribution < -0.4 is 0 Å². The predicted octanol–water partition coefficient (Wildman–Crippen LogP) is 6.64. The molecule has 1 saturated carbocycles. The SMILES string of the molecule is CCS(=O)(=O)N(C)C1C[C@@H]2CC[C@@H](C)[C@@](O)(O2)C(=O)C(=O)N2CCCC[C@H]2C(=O)O[C@H]([C@H](C)C[C@@H]2CC[C@@H](O)[C@H](OC)C2)CC[C@H](C)/C=C(\C)[C@@H](O)[C@@H](OC)C(=O)[C@H](C)C[C@H](C)/C=C/C=C/C=C/1C. The molecule has 16 heteroatoms. The monoisotopic (exact) mass is 991 g/mol. The number of cyclic esters (lactones) is 1. The summed E-state index contributed by atoms with van der Waals surface area (Å²) < 4.78 is 51.8. The average molecular weight is 991 g/mol. The standard InChI is InChI=1S/C53H86N2O13S/c1-12-69(63,64)54(9)43-32-41-24-22-39(8)53(62,68-41)50(59)51(60)55-27-17-16-20-42(55)52(61)67-45(36(5)30-40-23-25-44(56)46(31-40)65-10)26-21-34(3)29-38(7)48(58)49(66-11)47(57)37(6)28-33(2)18-14-13-15-19-35(43)4/h13-15,18-19,29,33-34,36-37,39-46,48-49,56,58,62H,12,16-17,20-28,30-32H2,1-11H3/b15-13+,18-14+,35-19+,38-29+/t33-,34+,36-,37-,39-,40+,41+,42+,43?,44-,45+,46-,48-,49+,53-/m1/s1. The number of likely N-dealkylation sites (N-methyl/N-ethyl adjacent to an activating group) is 1. The topological polar surface area (TPSA) is 207 Å². The quantitative estimate of drug-likeness (QED) is 0.133. The van der Waals surface area contributed by atoms with Gasteiger partial charge in [-0.3, -0.25) is 14.4 Å². The van der Waals surface area contributed by atoms with Gasteiger partial charge in [0.1, 0.15) is 24.4 Å². The van der Waals surface area contributed by atoms with Crippen molar-refractivity contribution in [1.29, 1.82) is 0 Å². The van der Waals surface area contributed by atoms with Crippen molar-refractivity contribution in [3.8, 4) is 0 Å². The highest BCUT2D eigenvalue weighted by molar-refractivity contribution is 7.89. The lowest BCUT2D eigenvalue weighted by Crippen LogP contribution is -2.61. The number of nitrogens with zero attached hydrogens (tertiary/aromatic N) is 2. The van der Waals surface area contributed by atoms with Gasteiger partial charge >= 0.3 is 5.97 Å². The fourth-order valence-corrected chi connectivity index (χ4v) is 11.9. The van der Waals surface area contributed by atoms with E-state index in [1.165, 1.54) is 23.4 Å². The number of piperidine rings is 1. The van der Waals surface area contributed by atoms with Gasteiger partial charge in [-0.2, -0.15) is 4.31 Å². The summed E-state index contributed by atoms with van der Waals surface area (Å²) in [6, 6.07) is -1.80. The Hall–Kier alpha value is -3.09. The van der Waals surface area contributed by atoms with E-state index in [0.29, 0.717) is 75.4 Å². The van der Waals surface area contributed by atoms with E-state index in [-0.39, 0.29) is 60.7 Å². The van der Waals surface area contributed by atoms with Crippen molar-refractivity contribution in [2.75, 3.05) is 33.6 Å². The molecule has 4 aliphatic rings. The largest absolute Gasteiger partial charge is 0.461 e. The number of amides is 1. The minimum absolute atomic E-state index is 0.00918. The van der Waals surface area contributed by atoms with Gasteiger partial charge in [0.05, 0.1) is 24.1 Å². The first kappa shape index (κ1) is 58.5. The molecule has 0 radical (unpaired) electrons. The molecule has 1 unspecified atom stereocenters. The first-order chi connectivity index (χ1) is 32.5. The summed E-state index contributed by atoms with van der Waals surface area (Å²) in [4.78, 5) is 58.2. The summed E-state index contributed by atoms with van der Waals surface area (Å²) in [6.07, 6.45) is 13.1. The van der Waals surface area contributed by atoms with Crippen LogP contribution in [0.25, 0.3) is 0 Å². The molecule has 0 aromatic carbocycles. The molecular formula is C53H86N2O13S. The van der Waals surface area contributed by atoms with Gasteiger partial charge in [0.15, 0.2) is 5.78 Å². The molecule has 4 rings (SSSR count).